The van der Waals surface area contributed by atoms with Crippen LogP contribution in [0.1, 0.15) is 24.8 Å². The first kappa shape index (κ1) is 11.7. The van der Waals surface area contributed by atoms with Gasteiger partial charge in [-0.25, -0.2) is 0 Å². The summed E-state index contributed by atoms with van der Waals surface area (Å²) in [5.41, 5.74) is 5.32. The normalized spacial score (nSPS) is 13.1. The van der Waals surface area contributed by atoms with Gasteiger partial charge in [-0.1, -0.05) is 0 Å². The van der Waals surface area contributed by atoms with Gasteiger partial charge in [-0.15, -0.1) is 11.3 Å². The van der Waals surface area contributed by atoms with Gasteiger partial charge in [0.25, 0.3) is 0 Å². The number of thiophene rings is 1. The standard InChI is InChI=1S/C9H13BrN2OS/c1-5(2)12-8(9(11)13)6-3-4-7(10)14-6/h3-5,8,12H,1-2H3,(H2,11,13). The summed E-state index contributed by atoms with van der Waals surface area (Å²) < 4.78 is 1.00. The molecule has 14 heavy (non-hydrogen) atoms. The quantitative estimate of drug-likeness (QED) is 0.884. The monoisotopic (exact) mass is 276 g/mol. The molecule has 1 aromatic heterocycles. The van der Waals surface area contributed by atoms with Gasteiger partial charge in [0.1, 0.15) is 6.04 Å². The Morgan fingerprint density at radius 3 is 2.57 bits per heavy atom. The van der Waals surface area contributed by atoms with Gasteiger partial charge in [0, 0.05) is 10.9 Å². The Morgan fingerprint density at radius 2 is 2.21 bits per heavy atom. The summed E-state index contributed by atoms with van der Waals surface area (Å²) in [5, 5.41) is 3.12. The Balaban J connectivity index is 2.83. The lowest BCUT2D eigenvalue weighted by atomic mass is 10.2. The van der Waals surface area contributed by atoms with E-state index >= 15 is 0 Å². The Hall–Kier alpha value is -0.390. The summed E-state index contributed by atoms with van der Waals surface area (Å²) >= 11 is 4.87. The minimum Gasteiger partial charge on any atom is -0.368 e. The van der Waals surface area contributed by atoms with E-state index in [2.05, 4.69) is 21.2 Å². The molecule has 0 saturated heterocycles. The highest BCUT2D eigenvalue weighted by atomic mass is 79.9. The van der Waals surface area contributed by atoms with Crippen molar-refractivity contribution < 1.29 is 4.79 Å². The first-order valence-electron chi connectivity index (χ1n) is 4.31. The number of nitrogens with two attached hydrogens (primary N) is 1. The van der Waals surface area contributed by atoms with Gasteiger partial charge in [-0.2, -0.15) is 0 Å². The molecule has 1 heterocycles. The molecular formula is C9H13BrN2OS. The molecule has 0 aromatic carbocycles. The molecule has 0 aliphatic carbocycles. The van der Waals surface area contributed by atoms with Crippen LogP contribution in [-0.4, -0.2) is 11.9 Å². The number of amides is 1. The van der Waals surface area contributed by atoms with Crippen LogP contribution in [0, 0.1) is 0 Å². The molecule has 1 amide bonds. The minimum atomic E-state index is -0.383. The molecule has 1 aromatic rings. The van der Waals surface area contributed by atoms with Crippen LogP contribution in [0.4, 0.5) is 0 Å². The van der Waals surface area contributed by atoms with E-state index in [1.165, 1.54) is 11.3 Å². The van der Waals surface area contributed by atoms with E-state index in [9.17, 15) is 4.79 Å². The predicted molar refractivity (Wildman–Crippen MR) is 62.2 cm³/mol. The Bertz CT molecular complexity index is 324. The maximum Gasteiger partial charge on any atom is 0.240 e. The van der Waals surface area contributed by atoms with Crippen LogP contribution in [0.25, 0.3) is 0 Å². The smallest absolute Gasteiger partial charge is 0.240 e. The van der Waals surface area contributed by atoms with Gasteiger partial charge >= 0.3 is 0 Å². The Labute approximate surface area is 95.8 Å². The molecule has 1 rings (SSSR count). The third-order valence-corrected chi connectivity index (χ3v) is 3.35. The van der Waals surface area contributed by atoms with Gasteiger partial charge < -0.3 is 5.73 Å². The molecule has 3 nitrogen and oxygen atoms in total. The van der Waals surface area contributed by atoms with Gasteiger partial charge in [0.15, 0.2) is 0 Å². The van der Waals surface area contributed by atoms with Gasteiger partial charge in [-0.3, -0.25) is 10.1 Å². The highest BCUT2D eigenvalue weighted by Gasteiger charge is 2.19. The first-order valence-corrected chi connectivity index (χ1v) is 5.92. The number of nitrogens with one attached hydrogen (secondary N) is 1. The molecule has 0 radical (unpaired) electrons. The van der Waals surface area contributed by atoms with E-state index in [4.69, 9.17) is 5.73 Å². The molecule has 0 spiro atoms. The van der Waals surface area contributed by atoms with E-state index in [1.807, 2.05) is 26.0 Å². The molecule has 0 saturated carbocycles. The maximum absolute atomic E-state index is 11.2. The summed E-state index contributed by atoms with van der Waals surface area (Å²) in [6, 6.07) is 3.66. The Morgan fingerprint density at radius 1 is 1.57 bits per heavy atom. The van der Waals surface area contributed by atoms with Crippen molar-refractivity contribution in [3.05, 3.63) is 20.8 Å². The molecule has 78 valence electrons. The number of hydrogen-bond acceptors (Lipinski definition) is 3. The van der Waals surface area contributed by atoms with Crippen molar-refractivity contribution in [2.75, 3.05) is 0 Å². The van der Waals surface area contributed by atoms with Gasteiger partial charge in [0.05, 0.1) is 3.79 Å². The van der Waals surface area contributed by atoms with E-state index in [-0.39, 0.29) is 18.0 Å². The van der Waals surface area contributed by atoms with Gasteiger partial charge in [0.2, 0.25) is 5.91 Å². The van der Waals surface area contributed by atoms with Crippen LogP contribution in [0.2, 0.25) is 0 Å². The molecule has 0 bridgehead atoms. The molecule has 1 unspecified atom stereocenters. The van der Waals surface area contributed by atoms with Crippen molar-refractivity contribution in [3.63, 3.8) is 0 Å². The van der Waals surface area contributed by atoms with Crippen molar-refractivity contribution in [2.45, 2.75) is 25.9 Å². The highest BCUT2D eigenvalue weighted by molar-refractivity contribution is 9.11. The fourth-order valence-corrected chi connectivity index (χ4v) is 2.61. The second kappa shape index (κ2) is 4.91. The molecule has 0 fully saturated rings. The number of halogens is 1. The fourth-order valence-electron chi connectivity index (χ4n) is 1.12. The summed E-state index contributed by atoms with van der Waals surface area (Å²) in [5.74, 6) is -0.340. The largest absolute Gasteiger partial charge is 0.368 e. The fraction of sp³-hybridized carbons (Fsp3) is 0.444. The van der Waals surface area contributed by atoms with Gasteiger partial charge in [-0.05, 0) is 41.9 Å². The lowest BCUT2D eigenvalue weighted by molar-refractivity contribution is -0.120. The first-order chi connectivity index (χ1) is 6.50. The lowest BCUT2D eigenvalue weighted by Crippen LogP contribution is -2.36. The number of carbonyl (C=O) groups is 1. The number of hydrogen-bond donors (Lipinski definition) is 2. The van der Waals surface area contributed by atoms with Crippen molar-refractivity contribution in [3.8, 4) is 0 Å². The van der Waals surface area contributed by atoms with Crippen LogP contribution in [0.5, 0.6) is 0 Å². The summed E-state index contributed by atoms with van der Waals surface area (Å²) in [4.78, 5) is 12.1. The van der Waals surface area contributed by atoms with E-state index in [1.54, 1.807) is 0 Å². The Kier molecular flexibility index (Phi) is 4.10. The molecule has 3 N–H and O–H groups in total. The topological polar surface area (TPSA) is 55.1 Å². The number of primary amides is 1. The average molecular weight is 277 g/mol. The highest BCUT2D eigenvalue weighted by Crippen LogP contribution is 2.27. The maximum atomic E-state index is 11.2. The molecular weight excluding hydrogens is 264 g/mol. The zero-order valence-electron chi connectivity index (χ0n) is 8.08. The van der Waals surface area contributed by atoms with E-state index in [0.29, 0.717) is 0 Å². The lowest BCUT2D eigenvalue weighted by Gasteiger charge is -2.16. The van der Waals surface area contributed by atoms with Crippen LogP contribution in [0.3, 0.4) is 0 Å². The van der Waals surface area contributed by atoms with Crippen LogP contribution in [0.15, 0.2) is 15.9 Å². The van der Waals surface area contributed by atoms with Crippen LogP contribution < -0.4 is 11.1 Å². The number of rotatable bonds is 4. The minimum absolute atomic E-state index is 0.230. The second-order valence-corrected chi connectivity index (χ2v) is 5.79. The van der Waals surface area contributed by atoms with Crippen molar-refractivity contribution in [2.24, 2.45) is 5.73 Å². The zero-order chi connectivity index (χ0) is 10.7. The van der Waals surface area contributed by atoms with E-state index < -0.39 is 0 Å². The molecule has 0 aliphatic rings. The molecule has 0 aliphatic heterocycles. The SMILES string of the molecule is CC(C)NC(C(N)=O)c1ccc(Br)s1. The average Bonchev–Trinajstić information content (AvgIpc) is 2.46. The zero-order valence-corrected chi connectivity index (χ0v) is 10.5. The predicted octanol–water partition coefficient (Wildman–Crippen LogP) is 2.03. The summed E-state index contributed by atoms with van der Waals surface area (Å²) in [6.07, 6.45) is 0. The number of carbonyl (C=O) groups excluding carboxylic acids is 1. The third-order valence-electron chi connectivity index (χ3n) is 1.66. The molecule has 5 heteroatoms. The second-order valence-electron chi connectivity index (χ2n) is 3.30. The summed E-state index contributed by atoms with van der Waals surface area (Å²) in [7, 11) is 0. The molecule has 1 atom stereocenters. The van der Waals surface area contributed by atoms with Crippen molar-refractivity contribution >= 4 is 33.2 Å². The van der Waals surface area contributed by atoms with Crippen LogP contribution >= 0.6 is 27.3 Å². The van der Waals surface area contributed by atoms with Crippen molar-refractivity contribution in [1.82, 2.24) is 5.32 Å². The van der Waals surface area contributed by atoms with Crippen molar-refractivity contribution in [1.29, 1.82) is 0 Å². The third kappa shape index (κ3) is 3.08. The summed E-state index contributed by atoms with van der Waals surface area (Å²) in [6.45, 7) is 3.97. The van der Waals surface area contributed by atoms with Crippen LogP contribution in [-0.2, 0) is 4.79 Å². The van der Waals surface area contributed by atoms with E-state index in [0.717, 1.165) is 8.66 Å².